The lowest BCUT2D eigenvalue weighted by Gasteiger charge is -2.00. The summed E-state index contributed by atoms with van der Waals surface area (Å²) >= 11 is 14.7. The molecular weight excluding hydrogens is 469 g/mol. The minimum Gasteiger partial charge on any atom is -0.463 e. The first-order valence-electron chi connectivity index (χ1n) is 7.80. The number of hydrogen-bond donors (Lipinski definition) is 0. The van der Waals surface area contributed by atoms with Gasteiger partial charge in [0.25, 0.3) is 0 Å². The fraction of sp³-hybridized carbons (Fsp3) is 0.0500. The molecule has 5 nitrogen and oxygen atoms in total. The third-order valence-corrected chi connectivity index (χ3v) is 4.84. The molecule has 140 valence electrons. The monoisotopic (exact) mass is 477 g/mol. The van der Waals surface area contributed by atoms with Gasteiger partial charge >= 0.3 is 0 Å². The highest BCUT2D eigenvalue weighted by molar-refractivity contribution is 9.10. The SMILES string of the molecule is Cc1ccc2occ(C#N)c(=O)c2c1.O=c1c(Br)coc2c(Cl)cc(Cl)cc12. The zero-order valence-electron chi connectivity index (χ0n) is 14.3. The van der Waals surface area contributed by atoms with E-state index < -0.39 is 0 Å². The van der Waals surface area contributed by atoms with Crippen LogP contribution < -0.4 is 10.9 Å². The van der Waals surface area contributed by atoms with Gasteiger partial charge in [-0.2, -0.15) is 5.26 Å². The lowest BCUT2D eigenvalue weighted by atomic mass is 10.1. The fourth-order valence-corrected chi connectivity index (χ4v) is 3.31. The van der Waals surface area contributed by atoms with Gasteiger partial charge in [-0.15, -0.1) is 0 Å². The standard InChI is InChI=1S/C11H7NO2.C9H3BrCl2O2/c1-7-2-3-10-9(4-7)11(13)8(5-12)6-14-10;10-6-3-14-9-5(8(6)13)1-4(11)2-7(9)12/h2-4,6H,1H3;1-3H. The Morgan fingerprint density at radius 1 is 1.00 bits per heavy atom. The fourth-order valence-electron chi connectivity index (χ4n) is 2.46. The number of benzene rings is 2. The van der Waals surface area contributed by atoms with Gasteiger partial charge in [-0.05, 0) is 47.1 Å². The summed E-state index contributed by atoms with van der Waals surface area (Å²) in [5.74, 6) is 0. The molecule has 0 saturated carbocycles. The summed E-state index contributed by atoms with van der Waals surface area (Å²) in [6.45, 7) is 1.89. The van der Waals surface area contributed by atoms with E-state index in [-0.39, 0.29) is 16.4 Å². The molecule has 0 bridgehead atoms. The van der Waals surface area contributed by atoms with E-state index in [1.165, 1.54) is 24.7 Å². The maximum atomic E-state index is 11.6. The van der Waals surface area contributed by atoms with E-state index in [2.05, 4.69) is 15.9 Å². The summed E-state index contributed by atoms with van der Waals surface area (Å²) in [5, 5.41) is 10.2. The summed E-state index contributed by atoms with van der Waals surface area (Å²) in [6, 6.07) is 10.2. The molecule has 0 spiro atoms. The predicted octanol–water partition coefficient (Wildman–Crippen LogP) is 5.84. The summed E-state index contributed by atoms with van der Waals surface area (Å²) in [7, 11) is 0. The first-order valence-corrected chi connectivity index (χ1v) is 9.35. The second-order valence-corrected chi connectivity index (χ2v) is 7.46. The molecule has 4 rings (SSSR count). The van der Waals surface area contributed by atoms with Gasteiger partial charge in [0.1, 0.15) is 34.2 Å². The molecule has 0 aliphatic heterocycles. The van der Waals surface area contributed by atoms with Crippen molar-refractivity contribution in [3.05, 3.63) is 88.9 Å². The molecule has 0 unspecified atom stereocenters. The molecule has 2 aromatic heterocycles. The first-order chi connectivity index (χ1) is 13.3. The topological polar surface area (TPSA) is 84.2 Å². The number of nitriles is 1. The highest BCUT2D eigenvalue weighted by Crippen LogP contribution is 2.26. The van der Waals surface area contributed by atoms with Crippen LogP contribution in [0.1, 0.15) is 11.1 Å². The maximum Gasteiger partial charge on any atom is 0.210 e. The van der Waals surface area contributed by atoms with Crippen LogP contribution in [0.3, 0.4) is 0 Å². The largest absolute Gasteiger partial charge is 0.463 e. The molecule has 0 amide bonds. The Balaban J connectivity index is 0.000000161. The number of fused-ring (bicyclic) bond motifs is 2. The minimum atomic E-state index is -0.266. The third-order valence-electron chi connectivity index (χ3n) is 3.80. The van der Waals surface area contributed by atoms with Crippen LogP contribution in [0, 0.1) is 18.3 Å². The third kappa shape index (κ3) is 3.97. The summed E-state index contributed by atoms with van der Waals surface area (Å²) in [5.41, 5.74) is 1.43. The zero-order chi connectivity index (χ0) is 20.4. The highest BCUT2D eigenvalue weighted by Gasteiger charge is 2.09. The first kappa shape index (κ1) is 20.2. The van der Waals surface area contributed by atoms with E-state index in [9.17, 15) is 9.59 Å². The molecule has 2 aromatic carbocycles. The van der Waals surface area contributed by atoms with E-state index in [0.717, 1.165) is 5.56 Å². The van der Waals surface area contributed by atoms with Crippen LogP contribution in [0.4, 0.5) is 0 Å². The normalized spacial score (nSPS) is 10.4. The van der Waals surface area contributed by atoms with Gasteiger partial charge in [0, 0.05) is 5.02 Å². The Kier molecular flexibility index (Phi) is 5.90. The summed E-state index contributed by atoms with van der Waals surface area (Å²) < 4.78 is 10.7. The Morgan fingerprint density at radius 2 is 1.75 bits per heavy atom. The second-order valence-electron chi connectivity index (χ2n) is 5.77. The average Bonchev–Trinajstić information content (AvgIpc) is 2.66. The lowest BCUT2D eigenvalue weighted by Crippen LogP contribution is -2.05. The Bertz CT molecular complexity index is 1370. The van der Waals surface area contributed by atoms with Crippen molar-refractivity contribution in [1.82, 2.24) is 0 Å². The van der Waals surface area contributed by atoms with Crippen LogP contribution in [0.15, 0.2) is 65.8 Å². The van der Waals surface area contributed by atoms with Crippen molar-refractivity contribution >= 4 is 61.1 Å². The molecule has 2 heterocycles. The van der Waals surface area contributed by atoms with Crippen molar-refractivity contribution in [1.29, 1.82) is 5.26 Å². The van der Waals surface area contributed by atoms with Gasteiger partial charge in [0.05, 0.1) is 15.8 Å². The van der Waals surface area contributed by atoms with Crippen LogP contribution in [0.2, 0.25) is 10.0 Å². The van der Waals surface area contributed by atoms with Gasteiger partial charge in [-0.25, -0.2) is 0 Å². The number of nitrogens with zero attached hydrogens (tertiary/aromatic N) is 1. The zero-order valence-corrected chi connectivity index (χ0v) is 17.4. The molecule has 0 atom stereocenters. The number of hydrogen-bond acceptors (Lipinski definition) is 5. The van der Waals surface area contributed by atoms with Gasteiger partial charge in [-0.3, -0.25) is 9.59 Å². The van der Waals surface area contributed by atoms with Crippen LogP contribution in [0.5, 0.6) is 0 Å². The molecule has 8 heteroatoms. The molecular formula is C20H10BrCl2NO4. The summed E-state index contributed by atoms with van der Waals surface area (Å²) in [4.78, 5) is 23.2. The molecule has 0 saturated heterocycles. The minimum absolute atomic E-state index is 0.0445. The maximum absolute atomic E-state index is 11.6. The van der Waals surface area contributed by atoms with Crippen LogP contribution in [-0.4, -0.2) is 0 Å². The molecule has 0 radical (unpaired) electrons. The molecule has 0 aliphatic rings. The van der Waals surface area contributed by atoms with E-state index in [1.807, 2.05) is 13.0 Å². The van der Waals surface area contributed by atoms with E-state index in [1.54, 1.807) is 18.2 Å². The number of aryl methyl sites for hydroxylation is 1. The quantitative estimate of drug-likeness (QED) is 0.317. The molecule has 0 fully saturated rings. The van der Waals surface area contributed by atoms with Crippen molar-refractivity contribution < 1.29 is 8.83 Å². The van der Waals surface area contributed by atoms with Gasteiger partial charge in [0.15, 0.2) is 5.58 Å². The molecule has 0 aliphatic carbocycles. The van der Waals surface area contributed by atoms with Crippen molar-refractivity contribution in [3.63, 3.8) is 0 Å². The highest BCUT2D eigenvalue weighted by atomic mass is 79.9. The Hall–Kier alpha value is -2.59. The second kappa shape index (κ2) is 8.19. The van der Waals surface area contributed by atoms with Gasteiger partial charge in [-0.1, -0.05) is 34.8 Å². The van der Waals surface area contributed by atoms with E-state index in [4.69, 9.17) is 37.3 Å². The van der Waals surface area contributed by atoms with Crippen molar-refractivity contribution in [3.8, 4) is 6.07 Å². The van der Waals surface area contributed by atoms with Gasteiger partial charge in [0.2, 0.25) is 10.9 Å². The average molecular weight is 479 g/mol. The molecule has 4 aromatic rings. The molecule has 0 N–H and O–H groups in total. The Morgan fingerprint density at radius 3 is 2.46 bits per heavy atom. The van der Waals surface area contributed by atoms with Crippen LogP contribution >= 0.6 is 39.1 Å². The van der Waals surface area contributed by atoms with Crippen molar-refractivity contribution in [2.75, 3.05) is 0 Å². The van der Waals surface area contributed by atoms with E-state index >= 15 is 0 Å². The number of rotatable bonds is 0. The number of halogens is 3. The van der Waals surface area contributed by atoms with Gasteiger partial charge < -0.3 is 8.83 Å². The van der Waals surface area contributed by atoms with Crippen molar-refractivity contribution in [2.45, 2.75) is 6.92 Å². The molecule has 28 heavy (non-hydrogen) atoms. The van der Waals surface area contributed by atoms with Crippen LogP contribution in [-0.2, 0) is 0 Å². The lowest BCUT2D eigenvalue weighted by molar-refractivity contribution is 0.599. The van der Waals surface area contributed by atoms with Crippen molar-refractivity contribution in [2.24, 2.45) is 0 Å². The van der Waals surface area contributed by atoms with E-state index in [0.29, 0.717) is 36.5 Å². The predicted molar refractivity (Wildman–Crippen MR) is 112 cm³/mol. The van der Waals surface area contributed by atoms with Crippen LogP contribution in [0.25, 0.3) is 21.9 Å². The smallest absolute Gasteiger partial charge is 0.210 e. The summed E-state index contributed by atoms with van der Waals surface area (Å²) in [6.07, 6.45) is 2.50. The Labute approximate surface area is 176 Å².